The Morgan fingerprint density at radius 2 is 1.43 bits per heavy atom. The van der Waals surface area contributed by atoms with E-state index in [0.29, 0.717) is 0 Å². The number of benzene rings is 5. The molecule has 3 heteroatoms. The molecule has 0 saturated heterocycles. The predicted octanol–water partition coefficient (Wildman–Crippen LogP) is 8.90. The molecule has 2 aromatic heterocycles. The Bertz CT molecular complexity index is 2010. The SMILES string of the molecule is CC1(C)c2ccccc2-c2cc3c(cc21)c1ccccc1n3-c1cc(-c2ccccc2)cc2ocnc12. The maximum absolute atomic E-state index is 5.87. The van der Waals surface area contributed by atoms with Gasteiger partial charge in [0.2, 0.25) is 0 Å². The van der Waals surface area contributed by atoms with Gasteiger partial charge in [-0.25, -0.2) is 4.98 Å². The molecular weight excluding hydrogens is 452 g/mol. The molecule has 1 aliphatic rings. The van der Waals surface area contributed by atoms with Crippen LogP contribution >= 0.6 is 0 Å². The standard InChI is InChI=1S/C34H24N2O/c1-34(2)27-14-8-6-12-23(27)25-19-30-26(18-28(25)34)24-13-7-9-15-29(24)36(30)31-16-22(21-10-4-3-5-11-21)17-32-33(31)35-20-37-32/h3-20H,1-2H3. The molecule has 7 aromatic rings. The normalized spacial score (nSPS) is 13.9. The number of hydrogen-bond acceptors (Lipinski definition) is 2. The van der Waals surface area contributed by atoms with E-state index in [-0.39, 0.29) is 5.41 Å². The van der Waals surface area contributed by atoms with Gasteiger partial charge in [0.1, 0.15) is 5.52 Å². The minimum atomic E-state index is -0.0457. The molecule has 176 valence electrons. The molecule has 0 saturated carbocycles. The summed E-state index contributed by atoms with van der Waals surface area (Å²) in [5.74, 6) is 0. The second kappa shape index (κ2) is 7.21. The second-order valence-corrected chi connectivity index (χ2v) is 10.5. The first-order valence-electron chi connectivity index (χ1n) is 12.7. The van der Waals surface area contributed by atoms with Crippen LogP contribution in [-0.4, -0.2) is 9.55 Å². The molecule has 0 amide bonds. The third-order valence-electron chi connectivity index (χ3n) is 8.14. The summed E-state index contributed by atoms with van der Waals surface area (Å²) in [6, 6.07) is 37.1. The van der Waals surface area contributed by atoms with Gasteiger partial charge in [-0.2, -0.15) is 0 Å². The summed E-state index contributed by atoms with van der Waals surface area (Å²) < 4.78 is 8.24. The van der Waals surface area contributed by atoms with Gasteiger partial charge < -0.3 is 8.98 Å². The van der Waals surface area contributed by atoms with E-state index in [1.165, 1.54) is 44.1 Å². The topological polar surface area (TPSA) is 31.0 Å². The number of oxazole rings is 1. The smallest absolute Gasteiger partial charge is 0.182 e. The monoisotopic (exact) mass is 476 g/mol. The lowest BCUT2D eigenvalue weighted by molar-refractivity contribution is 0.602. The Hall–Kier alpha value is -4.63. The minimum absolute atomic E-state index is 0.0457. The van der Waals surface area contributed by atoms with E-state index in [1.54, 1.807) is 6.39 Å². The second-order valence-electron chi connectivity index (χ2n) is 10.5. The van der Waals surface area contributed by atoms with Crippen LogP contribution in [0, 0.1) is 0 Å². The average Bonchev–Trinajstić information content (AvgIpc) is 3.60. The Balaban J connectivity index is 1.51. The molecule has 0 unspecified atom stereocenters. The van der Waals surface area contributed by atoms with Crippen molar-refractivity contribution in [1.82, 2.24) is 9.55 Å². The Labute approximate surface area is 214 Å². The highest BCUT2D eigenvalue weighted by Crippen LogP contribution is 2.51. The molecule has 0 bridgehead atoms. The number of aromatic nitrogens is 2. The van der Waals surface area contributed by atoms with E-state index in [2.05, 4.69) is 120 Å². The maximum Gasteiger partial charge on any atom is 0.182 e. The molecule has 0 spiro atoms. The molecule has 0 radical (unpaired) electrons. The average molecular weight is 477 g/mol. The fourth-order valence-corrected chi connectivity index (χ4v) is 6.34. The van der Waals surface area contributed by atoms with Gasteiger partial charge in [0, 0.05) is 16.2 Å². The first-order valence-corrected chi connectivity index (χ1v) is 12.7. The van der Waals surface area contributed by atoms with Crippen molar-refractivity contribution in [1.29, 1.82) is 0 Å². The molecule has 0 N–H and O–H groups in total. The van der Waals surface area contributed by atoms with Crippen LogP contribution in [0.15, 0.2) is 114 Å². The lowest BCUT2D eigenvalue weighted by Crippen LogP contribution is -2.14. The van der Waals surface area contributed by atoms with Gasteiger partial charge in [-0.1, -0.05) is 86.6 Å². The molecule has 0 atom stereocenters. The van der Waals surface area contributed by atoms with E-state index in [0.717, 1.165) is 27.9 Å². The summed E-state index contributed by atoms with van der Waals surface area (Å²) in [5, 5.41) is 2.51. The van der Waals surface area contributed by atoms with Gasteiger partial charge in [0.15, 0.2) is 12.0 Å². The number of para-hydroxylation sites is 1. The number of nitrogens with zero attached hydrogens (tertiary/aromatic N) is 2. The molecule has 37 heavy (non-hydrogen) atoms. The van der Waals surface area contributed by atoms with Gasteiger partial charge in [0.05, 0.1) is 16.7 Å². The maximum atomic E-state index is 5.87. The first-order chi connectivity index (χ1) is 18.1. The van der Waals surface area contributed by atoms with Gasteiger partial charge in [-0.3, -0.25) is 0 Å². The van der Waals surface area contributed by atoms with Crippen molar-refractivity contribution in [3.8, 4) is 27.9 Å². The van der Waals surface area contributed by atoms with E-state index >= 15 is 0 Å². The van der Waals surface area contributed by atoms with E-state index in [9.17, 15) is 0 Å². The zero-order valence-corrected chi connectivity index (χ0v) is 20.7. The molecule has 2 heterocycles. The van der Waals surface area contributed by atoms with Crippen LogP contribution in [0.3, 0.4) is 0 Å². The summed E-state index contributed by atoms with van der Waals surface area (Å²) >= 11 is 0. The molecule has 3 nitrogen and oxygen atoms in total. The van der Waals surface area contributed by atoms with Crippen LogP contribution in [0.4, 0.5) is 0 Å². The highest BCUT2D eigenvalue weighted by Gasteiger charge is 2.36. The molecular formula is C34H24N2O. The summed E-state index contributed by atoms with van der Waals surface area (Å²) in [6.07, 6.45) is 1.55. The van der Waals surface area contributed by atoms with Gasteiger partial charge in [-0.05, 0) is 63.7 Å². The summed E-state index contributed by atoms with van der Waals surface area (Å²) in [7, 11) is 0. The van der Waals surface area contributed by atoms with E-state index < -0.39 is 0 Å². The lowest BCUT2D eigenvalue weighted by atomic mass is 9.82. The molecule has 5 aromatic carbocycles. The van der Waals surface area contributed by atoms with Crippen LogP contribution in [0.1, 0.15) is 25.0 Å². The van der Waals surface area contributed by atoms with Crippen LogP contribution in [0.2, 0.25) is 0 Å². The fraction of sp³-hybridized carbons (Fsp3) is 0.0882. The number of rotatable bonds is 2. The van der Waals surface area contributed by atoms with Crippen molar-refractivity contribution in [2.75, 3.05) is 0 Å². The molecule has 0 aliphatic heterocycles. The van der Waals surface area contributed by atoms with Crippen LogP contribution in [0.5, 0.6) is 0 Å². The first kappa shape index (κ1) is 20.6. The minimum Gasteiger partial charge on any atom is -0.443 e. The number of hydrogen-bond donors (Lipinski definition) is 0. The third-order valence-corrected chi connectivity index (χ3v) is 8.14. The summed E-state index contributed by atoms with van der Waals surface area (Å²) in [4.78, 5) is 4.67. The van der Waals surface area contributed by atoms with E-state index in [1.807, 2.05) is 6.07 Å². The molecule has 8 rings (SSSR count). The number of fused-ring (bicyclic) bond motifs is 7. The van der Waals surface area contributed by atoms with Crippen molar-refractivity contribution in [3.63, 3.8) is 0 Å². The van der Waals surface area contributed by atoms with Gasteiger partial charge in [-0.15, -0.1) is 0 Å². The fourth-order valence-electron chi connectivity index (χ4n) is 6.34. The Kier molecular flexibility index (Phi) is 4.00. The Morgan fingerprint density at radius 1 is 0.649 bits per heavy atom. The van der Waals surface area contributed by atoms with Crippen LogP contribution < -0.4 is 0 Å². The van der Waals surface area contributed by atoms with Crippen LogP contribution in [0.25, 0.3) is 60.8 Å². The summed E-state index contributed by atoms with van der Waals surface area (Å²) in [6.45, 7) is 4.68. The van der Waals surface area contributed by atoms with Gasteiger partial charge >= 0.3 is 0 Å². The van der Waals surface area contributed by atoms with Crippen molar-refractivity contribution in [2.24, 2.45) is 0 Å². The zero-order valence-electron chi connectivity index (χ0n) is 20.7. The van der Waals surface area contributed by atoms with E-state index in [4.69, 9.17) is 4.42 Å². The lowest BCUT2D eigenvalue weighted by Gasteiger charge is -2.21. The van der Waals surface area contributed by atoms with Gasteiger partial charge in [0.25, 0.3) is 0 Å². The highest BCUT2D eigenvalue weighted by molar-refractivity contribution is 6.12. The van der Waals surface area contributed by atoms with Crippen molar-refractivity contribution < 1.29 is 4.42 Å². The largest absolute Gasteiger partial charge is 0.443 e. The van der Waals surface area contributed by atoms with Crippen molar-refractivity contribution >= 4 is 32.9 Å². The molecule has 1 aliphatic carbocycles. The summed E-state index contributed by atoms with van der Waals surface area (Å²) in [5.41, 5.74) is 12.7. The van der Waals surface area contributed by atoms with Crippen LogP contribution in [-0.2, 0) is 5.41 Å². The zero-order chi connectivity index (χ0) is 24.7. The Morgan fingerprint density at radius 3 is 2.32 bits per heavy atom. The van der Waals surface area contributed by atoms with Crippen molar-refractivity contribution in [2.45, 2.75) is 19.3 Å². The third kappa shape index (κ3) is 2.74. The highest BCUT2D eigenvalue weighted by atomic mass is 16.3. The van der Waals surface area contributed by atoms with Crippen molar-refractivity contribution in [3.05, 3.63) is 121 Å². The quantitative estimate of drug-likeness (QED) is 0.249. The predicted molar refractivity (Wildman–Crippen MR) is 151 cm³/mol. The molecule has 0 fully saturated rings.